The second kappa shape index (κ2) is 8.37. The summed E-state index contributed by atoms with van der Waals surface area (Å²) in [5.41, 5.74) is 3.37. The molecule has 4 heteroatoms. The van der Waals surface area contributed by atoms with Crippen LogP contribution in [0.15, 0.2) is 48.5 Å². The number of rotatable bonds is 6. The Kier molecular flexibility index (Phi) is 5.94. The predicted octanol–water partition coefficient (Wildman–Crippen LogP) is 4.19. The Morgan fingerprint density at radius 2 is 2.04 bits per heavy atom. The van der Waals surface area contributed by atoms with Crippen molar-refractivity contribution in [3.05, 3.63) is 59.7 Å². The molecule has 1 saturated heterocycles. The van der Waals surface area contributed by atoms with E-state index in [1.165, 1.54) is 5.56 Å². The van der Waals surface area contributed by atoms with E-state index in [1.807, 2.05) is 42.2 Å². The van der Waals surface area contributed by atoms with Gasteiger partial charge in [-0.1, -0.05) is 30.3 Å². The monoisotopic (exact) mass is 352 g/mol. The van der Waals surface area contributed by atoms with Gasteiger partial charge in [0.1, 0.15) is 5.75 Å². The third-order valence-corrected chi connectivity index (χ3v) is 5.20. The van der Waals surface area contributed by atoms with Gasteiger partial charge >= 0.3 is 0 Å². The van der Waals surface area contributed by atoms with Crippen LogP contribution in [0.1, 0.15) is 36.9 Å². The van der Waals surface area contributed by atoms with E-state index in [0.717, 1.165) is 36.4 Å². The number of para-hydroxylation sites is 1. The SMILES string of the molecule is CCN(C(=O)CN1CCCC1c1cccc(OC)c1)c1ccccc1C. The lowest BCUT2D eigenvalue weighted by Crippen LogP contribution is -2.40. The third-order valence-electron chi connectivity index (χ3n) is 5.20. The molecule has 1 fully saturated rings. The smallest absolute Gasteiger partial charge is 0.241 e. The average Bonchev–Trinajstić information content (AvgIpc) is 3.12. The number of hydrogen-bond donors (Lipinski definition) is 0. The molecule has 0 aromatic heterocycles. The van der Waals surface area contributed by atoms with Gasteiger partial charge < -0.3 is 9.64 Å². The third kappa shape index (κ3) is 3.91. The molecule has 1 aliphatic rings. The fourth-order valence-electron chi connectivity index (χ4n) is 3.85. The maximum absolute atomic E-state index is 13.0. The Balaban J connectivity index is 1.76. The summed E-state index contributed by atoms with van der Waals surface area (Å²) in [6, 6.07) is 16.6. The molecule has 1 atom stereocenters. The lowest BCUT2D eigenvalue weighted by molar-refractivity contribution is -0.119. The lowest BCUT2D eigenvalue weighted by atomic mass is 10.0. The number of likely N-dealkylation sites (N-methyl/N-ethyl adjacent to an activating group) is 1. The molecule has 4 nitrogen and oxygen atoms in total. The zero-order valence-electron chi connectivity index (χ0n) is 15.9. The van der Waals surface area contributed by atoms with Crippen LogP contribution in [0.3, 0.4) is 0 Å². The molecule has 1 heterocycles. The summed E-state index contributed by atoms with van der Waals surface area (Å²) < 4.78 is 5.36. The first kappa shape index (κ1) is 18.5. The first-order valence-electron chi connectivity index (χ1n) is 9.38. The van der Waals surface area contributed by atoms with Crippen molar-refractivity contribution in [3.63, 3.8) is 0 Å². The maximum atomic E-state index is 13.0. The zero-order valence-corrected chi connectivity index (χ0v) is 15.9. The quantitative estimate of drug-likeness (QED) is 0.781. The normalized spacial score (nSPS) is 17.3. The number of benzene rings is 2. The molecule has 138 valence electrons. The molecule has 26 heavy (non-hydrogen) atoms. The van der Waals surface area contributed by atoms with Crippen molar-refractivity contribution in [1.29, 1.82) is 0 Å². The summed E-state index contributed by atoms with van der Waals surface area (Å²) in [6.45, 7) is 6.18. The first-order valence-corrected chi connectivity index (χ1v) is 9.38. The van der Waals surface area contributed by atoms with Gasteiger partial charge in [-0.05, 0) is 62.6 Å². The van der Waals surface area contributed by atoms with Crippen LogP contribution < -0.4 is 9.64 Å². The minimum absolute atomic E-state index is 0.164. The lowest BCUT2D eigenvalue weighted by Gasteiger charge is -2.29. The molecule has 1 amide bonds. The number of nitrogens with zero attached hydrogens (tertiary/aromatic N) is 2. The number of aryl methyl sites for hydroxylation is 1. The fourth-order valence-corrected chi connectivity index (χ4v) is 3.85. The van der Waals surface area contributed by atoms with Gasteiger partial charge in [0.15, 0.2) is 0 Å². The largest absolute Gasteiger partial charge is 0.497 e. The van der Waals surface area contributed by atoms with Crippen LogP contribution in [0.5, 0.6) is 5.75 Å². The molecule has 0 bridgehead atoms. The molecular formula is C22H28N2O2. The number of carbonyl (C=O) groups is 1. The van der Waals surface area contributed by atoms with Gasteiger partial charge in [-0.25, -0.2) is 0 Å². The number of likely N-dealkylation sites (tertiary alicyclic amines) is 1. The second-order valence-corrected chi connectivity index (χ2v) is 6.83. The molecule has 0 N–H and O–H groups in total. The van der Waals surface area contributed by atoms with Crippen molar-refractivity contribution < 1.29 is 9.53 Å². The Labute approximate surface area is 156 Å². The van der Waals surface area contributed by atoms with Gasteiger partial charge in [-0.15, -0.1) is 0 Å². The number of amides is 1. The van der Waals surface area contributed by atoms with E-state index in [2.05, 4.69) is 30.0 Å². The summed E-state index contributed by atoms with van der Waals surface area (Å²) >= 11 is 0. The van der Waals surface area contributed by atoms with Gasteiger partial charge in [0.05, 0.1) is 13.7 Å². The zero-order chi connectivity index (χ0) is 18.5. The van der Waals surface area contributed by atoms with Crippen LogP contribution >= 0.6 is 0 Å². The van der Waals surface area contributed by atoms with Crippen LogP contribution in [0, 0.1) is 6.92 Å². The first-order chi connectivity index (χ1) is 12.6. The molecule has 3 rings (SSSR count). The minimum atomic E-state index is 0.164. The summed E-state index contributed by atoms with van der Waals surface area (Å²) in [6.07, 6.45) is 2.20. The van der Waals surface area contributed by atoms with Gasteiger partial charge in [-0.2, -0.15) is 0 Å². The number of hydrogen-bond acceptors (Lipinski definition) is 3. The maximum Gasteiger partial charge on any atom is 0.241 e. The van der Waals surface area contributed by atoms with Crippen LogP contribution in [0.2, 0.25) is 0 Å². The van der Waals surface area contributed by atoms with E-state index in [4.69, 9.17) is 4.74 Å². The van der Waals surface area contributed by atoms with Crippen molar-refractivity contribution in [2.24, 2.45) is 0 Å². The summed E-state index contributed by atoms with van der Waals surface area (Å²) in [5.74, 6) is 1.03. The molecular weight excluding hydrogens is 324 g/mol. The van der Waals surface area contributed by atoms with Crippen LogP contribution in [0.25, 0.3) is 0 Å². The Hall–Kier alpha value is -2.33. The fraction of sp³-hybridized carbons (Fsp3) is 0.409. The van der Waals surface area contributed by atoms with Crippen molar-refractivity contribution in [2.45, 2.75) is 32.7 Å². The summed E-state index contributed by atoms with van der Waals surface area (Å²) in [4.78, 5) is 17.2. The number of carbonyl (C=O) groups excluding carboxylic acids is 1. The molecule has 1 aliphatic heterocycles. The minimum Gasteiger partial charge on any atom is -0.497 e. The Bertz CT molecular complexity index is 759. The van der Waals surface area contributed by atoms with Gasteiger partial charge in [-0.3, -0.25) is 9.69 Å². The van der Waals surface area contributed by atoms with Crippen LogP contribution in [-0.4, -0.2) is 37.6 Å². The highest BCUT2D eigenvalue weighted by molar-refractivity contribution is 5.95. The van der Waals surface area contributed by atoms with E-state index in [9.17, 15) is 4.79 Å². The van der Waals surface area contributed by atoms with E-state index in [0.29, 0.717) is 13.1 Å². The van der Waals surface area contributed by atoms with Gasteiger partial charge in [0.25, 0.3) is 0 Å². The van der Waals surface area contributed by atoms with Crippen LogP contribution in [0.4, 0.5) is 5.69 Å². The van der Waals surface area contributed by atoms with Crippen molar-refractivity contribution in [2.75, 3.05) is 31.6 Å². The van der Waals surface area contributed by atoms with E-state index < -0.39 is 0 Å². The highest BCUT2D eigenvalue weighted by atomic mass is 16.5. The molecule has 0 aliphatic carbocycles. The number of anilines is 1. The molecule has 2 aromatic rings. The molecule has 1 unspecified atom stereocenters. The average molecular weight is 352 g/mol. The number of ether oxygens (including phenoxy) is 1. The number of methoxy groups -OCH3 is 1. The Morgan fingerprint density at radius 1 is 1.23 bits per heavy atom. The van der Waals surface area contributed by atoms with E-state index in [-0.39, 0.29) is 11.9 Å². The van der Waals surface area contributed by atoms with Crippen molar-refractivity contribution >= 4 is 11.6 Å². The summed E-state index contributed by atoms with van der Waals surface area (Å²) in [5, 5.41) is 0. The van der Waals surface area contributed by atoms with Crippen molar-refractivity contribution in [1.82, 2.24) is 4.90 Å². The molecule has 0 saturated carbocycles. The highest BCUT2D eigenvalue weighted by Gasteiger charge is 2.29. The van der Waals surface area contributed by atoms with Gasteiger partial charge in [0.2, 0.25) is 5.91 Å². The second-order valence-electron chi connectivity index (χ2n) is 6.83. The Morgan fingerprint density at radius 3 is 2.77 bits per heavy atom. The molecule has 2 aromatic carbocycles. The standard InChI is InChI=1S/C22H28N2O2/c1-4-24(20-12-6-5-9-17(20)2)22(25)16-23-14-8-13-21(23)18-10-7-11-19(15-18)26-3/h5-7,9-12,15,21H,4,8,13-14,16H2,1-3H3. The van der Waals surface area contributed by atoms with Gasteiger partial charge in [0, 0.05) is 18.3 Å². The summed E-state index contributed by atoms with van der Waals surface area (Å²) in [7, 11) is 1.69. The predicted molar refractivity (Wildman–Crippen MR) is 106 cm³/mol. The molecule has 0 spiro atoms. The van der Waals surface area contributed by atoms with E-state index in [1.54, 1.807) is 7.11 Å². The van der Waals surface area contributed by atoms with E-state index >= 15 is 0 Å². The highest BCUT2D eigenvalue weighted by Crippen LogP contribution is 2.33. The molecule has 0 radical (unpaired) electrons. The van der Waals surface area contributed by atoms with Crippen LogP contribution in [-0.2, 0) is 4.79 Å². The van der Waals surface area contributed by atoms with Crippen molar-refractivity contribution in [3.8, 4) is 5.75 Å². The topological polar surface area (TPSA) is 32.8 Å².